The van der Waals surface area contributed by atoms with E-state index in [1.165, 1.54) is 24.6 Å². The van der Waals surface area contributed by atoms with Crippen LogP contribution < -0.4 is 10.1 Å². The number of para-hydroxylation sites is 1. The fourth-order valence-electron chi connectivity index (χ4n) is 3.99. The lowest BCUT2D eigenvalue weighted by atomic mass is 10.2. The molecule has 3 aromatic rings. The highest BCUT2D eigenvalue weighted by molar-refractivity contribution is 8.15. The van der Waals surface area contributed by atoms with Crippen molar-refractivity contribution in [3.8, 4) is 5.75 Å². The monoisotopic (exact) mass is 549 g/mol. The second-order valence-electron chi connectivity index (χ2n) is 9.07. The molecule has 0 unspecified atom stereocenters. The van der Waals surface area contributed by atoms with Crippen molar-refractivity contribution in [3.05, 3.63) is 89.4 Å². The van der Waals surface area contributed by atoms with Gasteiger partial charge >= 0.3 is 0 Å². The summed E-state index contributed by atoms with van der Waals surface area (Å²) in [5.41, 5.74) is 2.35. The summed E-state index contributed by atoms with van der Waals surface area (Å²) in [6, 6.07) is 24.2. The number of halogens is 1. The summed E-state index contributed by atoms with van der Waals surface area (Å²) in [5, 5.41) is 3.56. The highest BCUT2D eigenvalue weighted by Crippen LogP contribution is 2.33. The van der Waals surface area contributed by atoms with Crippen LogP contribution in [-0.2, 0) is 16.1 Å². The standard InChI is InChI=1S/C30H32ClN3O3S/c1-2-3-4-8-19-37-26-17-15-25(16-18-26)32-28(35)20-27-29(36)34(21-22-11-13-23(31)14-12-22)30(38-27)33-24-9-6-5-7-10-24/h5-7,9-18,27H,2-4,8,19-21H2,1H3,(H,32,35)/t27-/m1/s1. The van der Waals surface area contributed by atoms with Gasteiger partial charge in [-0.1, -0.05) is 79.9 Å². The largest absolute Gasteiger partial charge is 0.494 e. The number of anilines is 1. The third-order valence-electron chi connectivity index (χ3n) is 6.03. The van der Waals surface area contributed by atoms with E-state index in [2.05, 4.69) is 12.2 Å². The van der Waals surface area contributed by atoms with Gasteiger partial charge in [0.05, 0.1) is 18.8 Å². The number of aliphatic imine (C=N–C) groups is 1. The fraction of sp³-hybridized carbons (Fsp3) is 0.300. The lowest BCUT2D eigenvalue weighted by Crippen LogP contribution is -2.33. The SMILES string of the molecule is CCCCCCOc1ccc(NC(=O)C[C@H]2SC(=Nc3ccccc3)N(Cc3ccc(Cl)cc3)C2=O)cc1. The van der Waals surface area contributed by atoms with Crippen LogP contribution in [0.4, 0.5) is 11.4 Å². The van der Waals surface area contributed by atoms with Crippen molar-refractivity contribution >= 4 is 51.7 Å². The highest BCUT2D eigenvalue weighted by atomic mass is 35.5. The van der Waals surface area contributed by atoms with Gasteiger partial charge in [-0.25, -0.2) is 4.99 Å². The fourth-order valence-corrected chi connectivity index (χ4v) is 5.27. The molecule has 4 rings (SSSR count). The molecule has 1 heterocycles. The van der Waals surface area contributed by atoms with E-state index in [-0.39, 0.29) is 18.2 Å². The Labute approximate surface area is 233 Å². The molecule has 1 fully saturated rings. The predicted octanol–water partition coefficient (Wildman–Crippen LogP) is 7.46. The zero-order valence-electron chi connectivity index (χ0n) is 21.4. The van der Waals surface area contributed by atoms with E-state index in [9.17, 15) is 9.59 Å². The van der Waals surface area contributed by atoms with Crippen molar-refractivity contribution in [3.63, 3.8) is 0 Å². The van der Waals surface area contributed by atoms with E-state index < -0.39 is 5.25 Å². The van der Waals surface area contributed by atoms with E-state index in [4.69, 9.17) is 21.3 Å². The second kappa shape index (κ2) is 14.0. The van der Waals surface area contributed by atoms with E-state index in [1.807, 2.05) is 66.7 Å². The molecule has 38 heavy (non-hydrogen) atoms. The molecule has 8 heteroatoms. The van der Waals surface area contributed by atoms with Gasteiger partial charge in [0.1, 0.15) is 11.0 Å². The first-order chi connectivity index (χ1) is 18.5. The molecule has 0 spiro atoms. The molecule has 1 aliphatic heterocycles. The van der Waals surface area contributed by atoms with Gasteiger partial charge in [0, 0.05) is 17.1 Å². The van der Waals surface area contributed by atoms with Crippen LogP contribution in [0.1, 0.15) is 44.6 Å². The van der Waals surface area contributed by atoms with Crippen LogP contribution in [0.3, 0.4) is 0 Å². The van der Waals surface area contributed by atoms with E-state index >= 15 is 0 Å². The van der Waals surface area contributed by atoms with Crippen LogP contribution >= 0.6 is 23.4 Å². The summed E-state index contributed by atoms with van der Waals surface area (Å²) in [5.74, 6) is 0.415. The van der Waals surface area contributed by atoms with E-state index in [0.717, 1.165) is 29.8 Å². The molecule has 0 saturated carbocycles. The number of hydrogen-bond acceptors (Lipinski definition) is 5. The van der Waals surface area contributed by atoms with Crippen molar-refractivity contribution in [2.75, 3.05) is 11.9 Å². The minimum absolute atomic E-state index is 0.0457. The Hall–Kier alpha value is -3.29. The number of amides is 2. The number of hydrogen-bond donors (Lipinski definition) is 1. The molecule has 1 N–H and O–H groups in total. The third-order valence-corrected chi connectivity index (χ3v) is 7.46. The Bertz CT molecular complexity index is 1230. The quantitative estimate of drug-likeness (QED) is 0.238. The van der Waals surface area contributed by atoms with Gasteiger partial charge in [-0.05, 0) is 60.5 Å². The number of carbonyl (C=O) groups is 2. The van der Waals surface area contributed by atoms with E-state index in [1.54, 1.807) is 17.0 Å². The van der Waals surface area contributed by atoms with Gasteiger partial charge in [0.2, 0.25) is 11.8 Å². The van der Waals surface area contributed by atoms with Crippen molar-refractivity contribution in [2.24, 2.45) is 4.99 Å². The normalized spacial score (nSPS) is 16.2. The molecule has 1 atom stereocenters. The average molecular weight is 550 g/mol. The molecule has 3 aromatic carbocycles. The van der Waals surface area contributed by atoms with Gasteiger partial charge in [-0.3, -0.25) is 14.5 Å². The number of carbonyl (C=O) groups excluding carboxylic acids is 2. The Kier molecular flexibility index (Phi) is 10.2. The predicted molar refractivity (Wildman–Crippen MR) is 156 cm³/mol. The van der Waals surface area contributed by atoms with Gasteiger partial charge in [-0.2, -0.15) is 0 Å². The molecule has 0 bridgehead atoms. The lowest BCUT2D eigenvalue weighted by molar-refractivity contribution is -0.128. The molecule has 198 valence electrons. The van der Waals surface area contributed by atoms with E-state index in [0.29, 0.717) is 29.0 Å². The maximum Gasteiger partial charge on any atom is 0.242 e. The van der Waals surface area contributed by atoms with Crippen LogP contribution in [0.15, 0.2) is 83.9 Å². The zero-order valence-corrected chi connectivity index (χ0v) is 23.0. The third kappa shape index (κ3) is 8.10. The summed E-state index contributed by atoms with van der Waals surface area (Å²) in [4.78, 5) is 32.6. The molecule has 0 aliphatic carbocycles. The van der Waals surface area contributed by atoms with Crippen LogP contribution in [-0.4, -0.2) is 33.7 Å². The summed E-state index contributed by atoms with van der Waals surface area (Å²) in [7, 11) is 0. The number of amidine groups is 1. The first-order valence-corrected chi connectivity index (χ1v) is 14.2. The summed E-state index contributed by atoms with van der Waals surface area (Å²) >= 11 is 7.35. The number of ether oxygens (including phenoxy) is 1. The van der Waals surface area contributed by atoms with Gasteiger partial charge in [0.15, 0.2) is 5.17 Å². The Morgan fingerprint density at radius 1 is 1.00 bits per heavy atom. The second-order valence-corrected chi connectivity index (χ2v) is 10.7. The number of benzene rings is 3. The number of unbranched alkanes of at least 4 members (excludes halogenated alkanes) is 3. The average Bonchev–Trinajstić information content (AvgIpc) is 3.20. The molecular weight excluding hydrogens is 518 g/mol. The maximum atomic E-state index is 13.4. The maximum absolute atomic E-state index is 13.4. The zero-order chi connectivity index (χ0) is 26.7. The summed E-state index contributed by atoms with van der Waals surface area (Å²) < 4.78 is 5.78. The Morgan fingerprint density at radius 2 is 1.74 bits per heavy atom. The Balaban J connectivity index is 1.38. The Morgan fingerprint density at radius 3 is 2.45 bits per heavy atom. The molecule has 1 saturated heterocycles. The van der Waals surface area contributed by atoms with Crippen molar-refractivity contribution in [1.82, 2.24) is 4.90 Å². The topological polar surface area (TPSA) is 71.0 Å². The molecule has 2 amide bonds. The molecule has 0 radical (unpaired) electrons. The first kappa shape index (κ1) is 27.7. The molecule has 0 aromatic heterocycles. The molecule has 1 aliphatic rings. The molecular formula is C30H32ClN3O3S. The van der Waals surface area contributed by atoms with Gasteiger partial charge in [0.25, 0.3) is 0 Å². The van der Waals surface area contributed by atoms with Crippen LogP contribution in [0.5, 0.6) is 5.75 Å². The minimum atomic E-state index is -0.560. The van der Waals surface area contributed by atoms with Gasteiger partial charge in [-0.15, -0.1) is 0 Å². The van der Waals surface area contributed by atoms with Crippen molar-refractivity contribution in [1.29, 1.82) is 0 Å². The number of rotatable bonds is 12. The van der Waals surface area contributed by atoms with Crippen LogP contribution in [0.25, 0.3) is 0 Å². The summed E-state index contributed by atoms with van der Waals surface area (Å²) in [6.07, 6.45) is 4.65. The van der Waals surface area contributed by atoms with Gasteiger partial charge < -0.3 is 10.1 Å². The number of thioether (sulfide) groups is 1. The van der Waals surface area contributed by atoms with Crippen LogP contribution in [0.2, 0.25) is 5.02 Å². The molecule has 6 nitrogen and oxygen atoms in total. The summed E-state index contributed by atoms with van der Waals surface area (Å²) in [6.45, 7) is 3.22. The van der Waals surface area contributed by atoms with Crippen LogP contribution in [0, 0.1) is 0 Å². The number of nitrogens with one attached hydrogen (secondary N) is 1. The lowest BCUT2D eigenvalue weighted by Gasteiger charge is -2.17. The highest BCUT2D eigenvalue weighted by Gasteiger charge is 2.39. The van der Waals surface area contributed by atoms with Crippen molar-refractivity contribution in [2.45, 2.75) is 50.8 Å². The van der Waals surface area contributed by atoms with Crippen molar-refractivity contribution < 1.29 is 14.3 Å². The minimum Gasteiger partial charge on any atom is -0.494 e. The first-order valence-electron chi connectivity index (χ1n) is 12.9. The number of nitrogens with zero attached hydrogens (tertiary/aromatic N) is 2. The smallest absolute Gasteiger partial charge is 0.242 e.